The fraction of sp³-hybridized carbons (Fsp3) is 0.462. The first-order chi connectivity index (χ1) is 8.26. The van der Waals surface area contributed by atoms with Gasteiger partial charge in [0, 0.05) is 14.2 Å². The van der Waals surface area contributed by atoms with Crippen LogP contribution >= 0.6 is 0 Å². The molecule has 0 radical (unpaired) electrons. The summed E-state index contributed by atoms with van der Waals surface area (Å²) in [7, 11) is 3.14. The monoisotopic (exact) mass is 236 g/mol. The lowest BCUT2D eigenvalue weighted by atomic mass is 9.94. The van der Waals surface area contributed by atoms with Gasteiger partial charge in [0.25, 0.3) is 0 Å². The minimum absolute atomic E-state index is 0.0973. The maximum Gasteiger partial charge on any atom is 0.307 e. The minimum atomic E-state index is -0.424. The minimum Gasteiger partial charge on any atom is -0.457 e. The van der Waals surface area contributed by atoms with Crippen molar-refractivity contribution in [3.63, 3.8) is 0 Å². The van der Waals surface area contributed by atoms with Crippen molar-refractivity contribution in [2.75, 3.05) is 14.2 Å². The smallest absolute Gasteiger partial charge is 0.307 e. The molecular weight excluding hydrogens is 220 g/mol. The van der Waals surface area contributed by atoms with E-state index < -0.39 is 6.29 Å². The van der Waals surface area contributed by atoms with Crippen molar-refractivity contribution >= 4 is 5.97 Å². The van der Waals surface area contributed by atoms with Crippen LogP contribution in [0.5, 0.6) is 0 Å². The molecule has 1 aromatic rings. The Bertz CT molecular complexity index is 372. The summed E-state index contributed by atoms with van der Waals surface area (Å²) in [5, 5.41) is 0. The van der Waals surface area contributed by atoms with Crippen molar-refractivity contribution in [1.29, 1.82) is 0 Å². The van der Waals surface area contributed by atoms with Gasteiger partial charge in [0.2, 0.25) is 0 Å². The number of esters is 1. The van der Waals surface area contributed by atoms with E-state index >= 15 is 0 Å². The van der Waals surface area contributed by atoms with Crippen LogP contribution in [0.15, 0.2) is 30.3 Å². The molecule has 1 fully saturated rings. The summed E-state index contributed by atoms with van der Waals surface area (Å²) in [6.45, 7) is 0. The molecule has 4 heteroatoms. The molecule has 2 atom stereocenters. The van der Waals surface area contributed by atoms with Crippen LogP contribution in [-0.4, -0.2) is 26.5 Å². The second kappa shape index (κ2) is 5.29. The summed E-state index contributed by atoms with van der Waals surface area (Å²) in [6.07, 6.45) is -0.383. The molecular formula is C13H16O4. The highest BCUT2D eigenvalue weighted by Crippen LogP contribution is 2.38. The van der Waals surface area contributed by atoms with E-state index in [1.54, 1.807) is 14.2 Å². The van der Waals surface area contributed by atoms with Crippen molar-refractivity contribution in [3.05, 3.63) is 35.9 Å². The Kier molecular flexibility index (Phi) is 3.76. The lowest BCUT2D eigenvalue weighted by Crippen LogP contribution is -2.27. The molecule has 1 heterocycles. The molecule has 0 N–H and O–H groups in total. The molecule has 0 spiro atoms. The number of rotatable bonds is 4. The van der Waals surface area contributed by atoms with Gasteiger partial charge in [-0.05, 0) is 5.56 Å². The van der Waals surface area contributed by atoms with Crippen LogP contribution in [0.3, 0.4) is 0 Å². The summed E-state index contributed by atoms with van der Waals surface area (Å²) in [4.78, 5) is 11.4. The normalized spacial score (nSPS) is 24.1. The topological polar surface area (TPSA) is 44.8 Å². The molecule has 92 valence electrons. The molecule has 1 saturated heterocycles. The third kappa shape index (κ3) is 2.48. The number of carbonyl (C=O) groups excluding carboxylic acids is 1. The molecule has 1 aromatic carbocycles. The first-order valence-corrected chi connectivity index (χ1v) is 5.56. The summed E-state index contributed by atoms with van der Waals surface area (Å²) in [5.41, 5.74) is 0.974. The van der Waals surface area contributed by atoms with Crippen molar-refractivity contribution in [1.82, 2.24) is 0 Å². The Hall–Kier alpha value is -1.39. The van der Waals surface area contributed by atoms with Gasteiger partial charge in [0.05, 0.1) is 12.3 Å². The Morgan fingerprint density at radius 2 is 1.88 bits per heavy atom. The Morgan fingerprint density at radius 3 is 2.47 bits per heavy atom. The van der Waals surface area contributed by atoms with Crippen LogP contribution in [0.25, 0.3) is 0 Å². The Labute approximate surface area is 100 Å². The number of ether oxygens (including phenoxy) is 3. The van der Waals surface area contributed by atoms with Gasteiger partial charge in [0.15, 0.2) is 6.29 Å². The Balaban J connectivity index is 2.22. The first-order valence-electron chi connectivity index (χ1n) is 5.56. The summed E-state index contributed by atoms with van der Waals surface area (Å²) in [6, 6.07) is 9.66. The highest BCUT2D eigenvalue weighted by molar-refractivity contribution is 5.72. The molecule has 0 bridgehead atoms. The van der Waals surface area contributed by atoms with Gasteiger partial charge in [-0.25, -0.2) is 0 Å². The predicted octanol–water partition coefficient (Wildman–Crippen LogP) is 1.91. The van der Waals surface area contributed by atoms with Crippen molar-refractivity contribution in [2.45, 2.75) is 18.8 Å². The maximum atomic E-state index is 11.4. The zero-order valence-corrected chi connectivity index (χ0v) is 9.96. The predicted molar refractivity (Wildman–Crippen MR) is 61.2 cm³/mol. The van der Waals surface area contributed by atoms with Crippen molar-refractivity contribution < 1.29 is 19.0 Å². The lowest BCUT2D eigenvalue weighted by Gasteiger charge is -2.24. The molecule has 0 amide bonds. The van der Waals surface area contributed by atoms with E-state index in [4.69, 9.17) is 14.2 Å². The van der Waals surface area contributed by atoms with Crippen molar-refractivity contribution in [2.24, 2.45) is 5.92 Å². The van der Waals surface area contributed by atoms with E-state index in [1.165, 1.54) is 0 Å². The molecule has 0 unspecified atom stereocenters. The van der Waals surface area contributed by atoms with Gasteiger partial charge < -0.3 is 14.2 Å². The first kappa shape index (κ1) is 12.1. The van der Waals surface area contributed by atoms with Gasteiger partial charge >= 0.3 is 5.97 Å². The zero-order chi connectivity index (χ0) is 12.3. The SMILES string of the molecule is COC(OC)[C@@H]1CC(=O)O[C@@H]1c1ccccc1. The molecule has 2 rings (SSSR count). The van der Waals surface area contributed by atoms with Crippen LogP contribution in [-0.2, 0) is 19.0 Å². The van der Waals surface area contributed by atoms with Crippen LogP contribution < -0.4 is 0 Å². The lowest BCUT2D eigenvalue weighted by molar-refractivity contribution is -0.152. The van der Waals surface area contributed by atoms with E-state index in [0.717, 1.165) is 5.56 Å². The highest BCUT2D eigenvalue weighted by atomic mass is 16.7. The number of hydrogen-bond acceptors (Lipinski definition) is 4. The van der Waals surface area contributed by atoms with E-state index in [1.807, 2.05) is 30.3 Å². The number of methoxy groups -OCH3 is 2. The molecule has 0 aromatic heterocycles. The summed E-state index contributed by atoms with van der Waals surface area (Å²) < 4.78 is 15.8. The molecule has 0 aliphatic carbocycles. The highest BCUT2D eigenvalue weighted by Gasteiger charge is 2.41. The van der Waals surface area contributed by atoms with Crippen LogP contribution in [0, 0.1) is 5.92 Å². The van der Waals surface area contributed by atoms with E-state index in [0.29, 0.717) is 6.42 Å². The fourth-order valence-electron chi connectivity index (χ4n) is 2.22. The third-order valence-electron chi connectivity index (χ3n) is 2.99. The average molecular weight is 236 g/mol. The second-order valence-electron chi connectivity index (χ2n) is 4.03. The number of carbonyl (C=O) groups is 1. The van der Waals surface area contributed by atoms with Crippen LogP contribution in [0.4, 0.5) is 0 Å². The van der Waals surface area contributed by atoms with Gasteiger partial charge in [-0.2, -0.15) is 0 Å². The van der Waals surface area contributed by atoms with Gasteiger partial charge in [-0.3, -0.25) is 4.79 Å². The quantitative estimate of drug-likeness (QED) is 0.591. The Morgan fingerprint density at radius 1 is 1.24 bits per heavy atom. The maximum absolute atomic E-state index is 11.4. The summed E-state index contributed by atoms with van der Waals surface area (Å²) in [5.74, 6) is -0.303. The van der Waals surface area contributed by atoms with Crippen LogP contribution in [0.1, 0.15) is 18.1 Å². The van der Waals surface area contributed by atoms with Gasteiger partial charge in [-0.1, -0.05) is 30.3 Å². The molecule has 1 aliphatic heterocycles. The summed E-state index contributed by atoms with van der Waals surface area (Å²) >= 11 is 0. The van der Waals surface area contributed by atoms with E-state index in [9.17, 15) is 4.79 Å². The fourth-order valence-corrected chi connectivity index (χ4v) is 2.22. The number of benzene rings is 1. The molecule has 17 heavy (non-hydrogen) atoms. The molecule has 4 nitrogen and oxygen atoms in total. The largest absolute Gasteiger partial charge is 0.457 e. The van der Waals surface area contributed by atoms with Gasteiger partial charge in [0.1, 0.15) is 6.10 Å². The number of hydrogen-bond donors (Lipinski definition) is 0. The standard InChI is InChI=1S/C13H16O4/c1-15-13(16-2)10-8-11(14)17-12(10)9-6-4-3-5-7-9/h3-7,10,12-13H,8H2,1-2H3/t10-,12-/m1/s1. The third-order valence-corrected chi connectivity index (χ3v) is 2.99. The van der Waals surface area contributed by atoms with Crippen molar-refractivity contribution in [3.8, 4) is 0 Å². The van der Waals surface area contributed by atoms with E-state index in [2.05, 4.69) is 0 Å². The van der Waals surface area contributed by atoms with Gasteiger partial charge in [-0.15, -0.1) is 0 Å². The molecule has 0 saturated carbocycles. The molecule has 1 aliphatic rings. The zero-order valence-electron chi connectivity index (χ0n) is 9.96. The number of cyclic esters (lactones) is 1. The second-order valence-corrected chi connectivity index (χ2v) is 4.03. The van der Waals surface area contributed by atoms with Crippen LogP contribution in [0.2, 0.25) is 0 Å². The average Bonchev–Trinajstić information content (AvgIpc) is 2.74. The van der Waals surface area contributed by atoms with E-state index in [-0.39, 0.29) is 18.0 Å².